The number of anilines is 2. The van der Waals surface area contributed by atoms with Crippen molar-refractivity contribution in [2.45, 2.75) is 5.40 Å². The molecule has 0 unspecified atom stereocenters. The van der Waals surface area contributed by atoms with Crippen LogP contribution in [-0.4, -0.2) is 44.6 Å². The second-order valence-electron chi connectivity index (χ2n) is 4.50. The molecule has 0 fully saturated rings. The van der Waals surface area contributed by atoms with Gasteiger partial charge in [0.15, 0.2) is 0 Å². The highest BCUT2D eigenvalue weighted by Crippen LogP contribution is 2.60. The number of sulfonamides is 1. The molecular formula is C9H14N2O8P2S2. The summed E-state index contributed by atoms with van der Waals surface area (Å²) in [6, 6.07) is 5.42. The average molecular weight is 404 g/mol. The lowest BCUT2D eigenvalue weighted by atomic mass is 10.3. The Balaban J connectivity index is 3.07. The van der Waals surface area contributed by atoms with Crippen LogP contribution in [0.2, 0.25) is 0 Å². The topological polar surface area (TPSA) is 173 Å². The Hall–Kier alpha value is -0.840. The van der Waals surface area contributed by atoms with Gasteiger partial charge in [-0.3, -0.25) is 13.9 Å². The van der Waals surface area contributed by atoms with E-state index in [4.69, 9.17) is 19.6 Å². The summed E-state index contributed by atoms with van der Waals surface area (Å²) in [5, 5.41) is -0.196. The van der Waals surface area contributed by atoms with Gasteiger partial charge < -0.3 is 24.9 Å². The summed E-state index contributed by atoms with van der Waals surface area (Å²) in [7, 11) is -14.0. The van der Waals surface area contributed by atoms with Crippen LogP contribution in [0.5, 0.6) is 0 Å². The van der Waals surface area contributed by atoms with E-state index in [2.05, 4.69) is 22.3 Å². The zero-order valence-corrected chi connectivity index (χ0v) is 14.9. The van der Waals surface area contributed by atoms with Crippen molar-refractivity contribution in [1.29, 1.82) is 0 Å². The monoisotopic (exact) mass is 404 g/mol. The number of benzene rings is 1. The summed E-state index contributed by atoms with van der Waals surface area (Å²) in [5.74, 6) is 0. The van der Waals surface area contributed by atoms with Gasteiger partial charge in [0.05, 0.1) is 11.9 Å². The highest BCUT2D eigenvalue weighted by Gasteiger charge is 2.46. The summed E-state index contributed by atoms with van der Waals surface area (Å²) >= 11 is 4.67. The van der Waals surface area contributed by atoms with E-state index in [0.29, 0.717) is 0 Å². The van der Waals surface area contributed by atoms with Gasteiger partial charge in [-0.15, -0.1) is 0 Å². The Morgan fingerprint density at radius 3 is 2.04 bits per heavy atom. The largest absolute Gasteiger partial charge is 0.349 e. The number of thiocarbonyl (C=S) groups is 1. The third kappa shape index (κ3) is 6.66. The van der Waals surface area contributed by atoms with E-state index in [1.54, 1.807) is 0 Å². The van der Waals surface area contributed by atoms with Gasteiger partial charge in [-0.2, -0.15) is 0 Å². The first-order valence-corrected chi connectivity index (χ1v) is 11.4. The minimum atomic E-state index is -5.21. The third-order valence-corrected chi connectivity index (χ3v) is 7.19. The maximum absolute atomic E-state index is 11.2. The molecule has 130 valence electrons. The minimum absolute atomic E-state index is 0.0931. The number of nitrogens with one attached hydrogen (secondary N) is 2. The van der Waals surface area contributed by atoms with Crippen molar-refractivity contribution in [3.05, 3.63) is 24.3 Å². The molecule has 0 heterocycles. The molecule has 0 radical (unpaired) electrons. The fraction of sp³-hybridized carbons (Fsp3) is 0.222. The lowest BCUT2D eigenvalue weighted by molar-refractivity contribution is 0.350. The molecule has 0 bridgehead atoms. The Kier molecular flexibility index (Phi) is 6.11. The molecule has 14 heteroatoms. The molecule has 0 aromatic heterocycles. The first-order chi connectivity index (χ1) is 10.2. The normalized spacial score (nSPS) is 13.0. The van der Waals surface area contributed by atoms with E-state index >= 15 is 0 Å². The Morgan fingerprint density at radius 2 is 1.61 bits per heavy atom. The number of hydrogen-bond acceptors (Lipinski definition) is 5. The van der Waals surface area contributed by atoms with Crippen molar-refractivity contribution in [3.8, 4) is 0 Å². The van der Waals surface area contributed by atoms with Gasteiger partial charge in [-0.1, -0.05) is 18.3 Å². The molecule has 0 saturated carbocycles. The van der Waals surface area contributed by atoms with Crippen LogP contribution in [0.15, 0.2) is 24.3 Å². The average Bonchev–Trinajstić information content (AvgIpc) is 2.21. The van der Waals surface area contributed by atoms with Crippen LogP contribution >= 0.6 is 27.4 Å². The van der Waals surface area contributed by atoms with Gasteiger partial charge in [-0.25, -0.2) is 8.42 Å². The Labute approximate surface area is 137 Å². The molecule has 23 heavy (non-hydrogen) atoms. The third-order valence-electron chi connectivity index (χ3n) is 2.31. The predicted molar refractivity (Wildman–Crippen MR) is 89.0 cm³/mol. The summed E-state index contributed by atoms with van der Waals surface area (Å²) in [4.78, 5) is 35.5. The lowest BCUT2D eigenvalue weighted by Crippen LogP contribution is -2.26. The van der Waals surface area contributed by atoms with E-state index in [-0.39, 0.29) is 11.4 Å². The molecule has 0 aliphatic carbocycles. The molecular weight excluding hydrogens is 390 g/mol. The molecule has 0 aliphatic rings. The van der Waals surface area contributed by atoms with Crippen molar-refractivity contribution in [2.75, 3.05) is 16.3 Å². The second kappa shape index (κ2) is 6.96. The van der Waals surface area contributed by atoms with Gasteiger partial charge in [0.2, 0.25) is 15.4 Å². The fourth-order valence-corrected chi connectivity index (χ4v) is 5.39. The second-order valence-corrected chi connectivity index (χ2v) is 10.5. The molecule has 0 saturated heterocycles. The van der Waals surface area contributed by atoms with Gasteiger partial charge >= 0.3 is 15.2 Å². The standard InChI is InChI=1S/C9H14N2O8P2S2/c1-23(18,19)11-7-4-2-3-6(5-7)10-8(22)9(20(12,13)14)21(15,16)17/h2-5,9,11H,1H3,(H,10,22)(H2,12,13,14)(H2,15,16,17). The van der Waals surface area contributed by atoms with Crippen molar-refractivity contribution >= 4 is 53.8 Å². The van der Waals surface area contributed by atoms with Crippen LogP contribution < -0.4 is 10.0 Å². The SMILES string of the molecule is CS(=O)(=O)Nc1cccc(NC(=S)C(P(=O)(O)O)P(=O)(O)O)c1. The molecule has 0 atom stereocenters. The summed E-state index contributed by atoms with van der Waals surface area (Å²) < 4.78 is 46.9. The minimum Gasteiger partial charge on any atom is -0.349 e. The number of rotatable bonds is 6. The maximum Gasteiger partial charge on any atom is 0.347 e. The van der Waals surface area contributed by atoms with Crippen LogP contribution in [0.3, 0.4) is 0 Å². The molecule has 10 nitrogen and oxygen atoms in total. The van der Waals surface area contributed by atoms with E-state index in [1.807, 2.05) is 0 Å². The highest BCUT2D eigenvalue weighted by atomic mass is 32.2. The zero-order valence-electron chi connectivity index (χ0n) is 11.5. The van der Waals surface area contributed by atoms with Gasteiger partial charge in [-0.05, 0) is 18.2 Å². The van der Waals surface area contributed by atoms with Crippen molar-refractivity contribution in [2.24, 2.45) is 0 Å². The Bertz CT molecular complexity index is 778. The van der Waals surface area contributed by atoms with E-state index < -0.39 is 35.6 Å². The lowest BCUT2D eigenvalue weighted by Gasteiger charge is -2.21. The van der Waals surface area contributed by atoms with Crippen LogP contribution in [0, 0.1) is 0 Å². The van der Waals surface area contributed by atoms with E-state index in [0.717, 1.165) is 6.26 Å². The first-order valence-electron chi connectivity index (χ1n) is 5.69. The van der Waals surface area contributed by atoms with Crippen molar-refractivity contribution < 1.29 is 37.1 Å². The van der Waals surface area contributed by atoms with Crippen molar-refractivity contribution in [3.63, 3.8) is 0 Å². The highest BCUT2D eigenvalue weighted by molar-refractivity contribution is 7.92. The summed E-state index contributed by atoms with van der Waals surface area (Å²) in [5.41, 5.74) is 0.222. The maximum atomic E-state index is 11.2. The van der Waals surface area contributed by atoms with Crippen LogP contribution in [0.1, 0.15) is 0 Å². The molecule has 1 aromatic rings. The molecule has 0 amide bonds. The summed E-state index contributed by atoms with van der Waals surface area (Å²) in [6.45, 7) is 0. The van der Waals surface area contributed by atoms with Crippen LogP contribution in [-0.2, 0) is 19.2 Å². The van der Waals surface area contributed by atoms with Gasteiger partial charge in [0, 0.05) is 5.69 Å². The van der Waals surface area contributed by atoms with Crippen LogP contribution in [0.4, 0.5) is 11.4 Å². The van der Waals surface area contributed by atoms with E-state index in [1.165, 1.54) is 24.3 Å². The zero-order chi connectivity index (χ0) is 18.1. The molecule has 6 N–H and O–H groups in total. The summed E-state index contributed by atoms with van der Waals surface area (Å²) in [6.07, 6.45) is 0.926. The molecule has 1 aromatic carbocycles. The fourth-order valence-electron chi connectivity index (χ4n) is 1.58. The first kappa shape index (κ1) is 20.2. The Morgan fingerprint density at radius 1 is 1.13 bits per heavy atom. The van der Waals surface area contributed by atoms with E-state index in [9.17, 15) is 17.5 Å². The molecule has 0 aliphatic heterocycles. The predicted octanol–water partition coefficient (Wildman–Crippen LogP) is 0.479. The smallest absolute Gasteiger partial charge is 0.347 e. The number of hydrogen-bond donors (Lipinski definition) is 6. The molecule has 0 spiro atoms. The van der Waals surface area contributed by atoms with Gasteiger partial charge in [0.25, 0.3) is 0 Å². The quantitative estimate of drug-likeness (QED) is 0.289. The van der Waals surface area contributed by atoms with Crippen LogP contribution in [0.25, 0.3) is 0 Å². The van der Waals surface area contributed by atoms with Crippen molar-refractivity contribution in [1.82, 2.24) is 0 Å². The molecule has 1 rings (SSSR count). The van der Waals surface area contributed by atoms with Gasteiger partial charge in [0.1, 0.15) is 4.99 Å².